The van der Waals surface area contributed by atoms with Crippen LogP contribution < -0.4 is 4.74 Å². The predicted molar refractivity (Wildman–Crippen MR) is 107 cm³/mol. The van der Waals surface area contributed by atoms with Gasteiger partial charge in [0.1, 0.15) is 12.4 Å². The summed E-state index contributed by atoms with van der Waals surface area (Å²) in [6.07, 6.45) is 4.03. The van der Waals surface area contributed by atoms with Crippen LogP contribution in [0.15, 0.2) is 96.0 Å². The molecule has 130 valence electrons. The average molecular weight is 343 g/mol. The molecule has 0 aromatic heterocycles. The van der Waals surface area contributed by atoms with Gasteiger partial charge in [-0.15, -0.1) is 0 Å². The van der Waals surface area contributed by atoms with Crippen LogP contribution in [0.4, 0.5) is 5.69 Å². The van der Waals surface area contributed by atoms with Crippen molar-refractivity contribution in [1.29, 1.82) is 0 Å². The fourth-order valence-corrected chi connectivity index (χ4v) is 2.41. The van der Waals surface area contributed by atoms with Crippen molar-refractivity contribution in [3.05, 3.63) is 102 Å². The Morgan fingerprint density at radius 1 is 0.846 bits per heavy atom. The van der Waals surface area contributed by atoms with E-state index in [2.05, 4.69) is 17.1 Å². The standard InChI is InChI=1S/C23H21NO2/c1-25-22-16-14-21(15-17-22)24-23(20-12-6-3-7-13-20)26-18-8-11-19-9-4-2-5-10-19/h2-17H,18H2,1H3/b11-8+,24-23?. The molecule has 0 N–H and O–H groups in total. The van der Waals surface area contributed by atoms with Crippen molar-refractivity contribution >= 4 is 17.7 Å². The predicted octanol–water partition coefficient (Wildman–Crippen LogP) is 5.50. The zero-order valence-corrected chi connectivity index (χ0v) is 14.7. The molecule has 0 bridgehead atoms. The summed E-state index contributed by atoms with van der Waals surface area (Å²) >= 11 is 0. The van der Waals surface area contributed by atoms with Crippen molar-refractivity contribution in [1.82, 2.24) is 0 Å². The van der Waals surface area contributed by atoms with Crippen molar-refractivity contribution in [2.45, 2.75) is 0 Å². The summed E-state index contributed by atoms with van der Waals surface area (Å²) in [4.78, 5) is 4.65. The molecule has 0 saturated heterocycles. The maximum Gasteiger partial charge on any atom is 0.221 e. The first kappa shape index (κ1) is 17.5. The molecule has 3 nitrogen and oxygen atoms in total. The van der Waals surface area contributed by atoms with E-state index >= 15 is 0 Å². The van der Waals surface area contributed by atoms with Crippen LogP contribution in [0.25, 0.3) is 6.08 Å². The summed E-state index contributed by atoms with van der Waals surface area (Å²) in [6, 6.07) is 27.6. The van der Waals surface area contributed by atoms with Gasteiger partial charge in [0.05, 0.1) is 12.8 Å². The molecule has 0 aliphatic rings. The van der Waals surface area contributed by atoms with E-state index in [1.54, 1.807) is 7.11 Å². The molecule has 3 aromatic rings. The Bertz CT molecular complexity index is 854. The van der Waals surface area contributed by atoms with E-state index in [0.29, 0.717) is 12.5 Å². The first-order valence-electron chi connectivity index (χ1n) is 8.48. The van der Waals surface area contributed by atoms with Crippen LogP contribution in [0, 0.1) is 0 Å². The average Bonchev–Trinajstić information content (AvgIpc) is 2.72. The molecular formula is C23H21NO2. The smallest absolute Gasteiger partial charge is 0.221 e. The van der Waals surface area contributed by atoms with Crippen LogP contribution in [-0.2, 0) is 4.74 Å². The quantitative estimate of drug-likeness (QED) is 0.437. The fourth-order valence-electron chi connectivity index (χ4n) is 2.41. The molecule has 0 spiro atoms. The van der Waals surface area contributed by atoms with Crippen LogP contribution >= 0.6 is 0 Å². The molecule has 26 heavy (non-hydrogen) atoms. The minimum atomic E-state index is 0.443. The third kappa shape index (κ3) is 5.08. The van der Waals surface area contributed by atoms with Crippen LogP contribution in [0.2, 0.25) is 0 Å². The molecule has 0 amide bonds. The first-order chi connectivity index (χ1) is 12.8. The van der Waals surface area contributed by atoms with Crippen molar-refractivity contribution in [3.63, 3.8) is 0 Å². The molecule has 0 heterocycles. The van der Waals surface area contributed by atoms with Gasteiger partial charge in [0, 0.05) is 5.56 Å². The van der Waals surface area contributed by atoms with E-state index in [4.69, 9.17) is 9.47 Å². The molecule has 0 atom stereocenters. The van der Waals surface area contributed by atoms with Gasteiger partial charge in [0.25, 0.3) is 0 Å². The van der Waals surface area contributed by atoms with Crippen molar-refractivity contribution in [3.8, 4) is 5.75 Å². The zero-order chi connectivity index (χ0) is 18.0. The van der Waals surface area contributed by atoms with Gasteiger partial charge in [-0.25, -0.2) is 4.99 Å². The SMILES string of the molecule is COc1ccc(N=C(OC/C=C/c2ccccc2)c2ccccc2)cc1. The second-order valence-electron chi connectivity index (χ2n) is 5.61. The zero-order valence-electron chi connectivity index (χ0n) is 14.7. The van der Waals surface area contributed by atoms with E-state index in [-0.39, 0.29) is 0 Å². The highest BCUT2D eigenvalue weighted by molar-refractivity contribution is 5.95. The first-order valence-corrected chi connectivity index (χ1v) is 8.48. The molecule has 0 radical (unpaired) electrons. The lowest BCUT2D eigenvalue weighted by atomic mass is 10.2. The molecular weight excluding hydrogens is 322 g/mol. The summed E-state index contributed by atoms with van der Waals surface area (Å²) < 4.78 is 11.1. The lowest BCUT2D eigenvalue weighted by Gasteiger charge is -2.08. The molecule has 0 aliphatic heterocycles. The van der Waals surface area contributed by atoms with Crippen LogP contribution in [0.3, 0.4) is 0 Å². The summed E-state index contributed by atoms with van der Waals surface area (Å²) in [5.41, 5.74) is 2.90. The third-order valence-electron chi connectivity index (χ3n) is 3.75. The van der Waals surface area contributed by atoms with Gasteiger partial charge in [-0.3, -0.25) is 0 Å². The summed E-state index contributed by atoms with van der Waals surface area (Å²) in [5, 5.41) is 0. The summed E-state index contributed by atoms with van der Waals surface area (Å²) in [6.45, 7) is 0.443. The second-order valence-corrected chi connectivity index (χ2v) is 5.61. The number of nitrogens with zero attached hydrogens (tertiary/aromatic N) is 1. The van der Waals surface area contributed by atoms with Gasteiger partial charge >= 0.3 is 0 Å². The molecule has 0 unspecified atom stereocenters. The Balaban J connectivity index is 1.75. The Morgan fingerprint density at radius 2 is 1.50 bits per heavy atom. The van der Waals surface area contributed by atoms with Gasteiger partial charge in [0.2, 0.25) is 5.90 Å². The van der Waals surface area contributed by atoms with E-state index in [1.165, 1.54) is 0 Å². The van der Waals surface area contributed by atoms with Gasteiger partial charge in [-0.2, -0.15) is 0 Å². The largest absolute Gasteiger partial charge is 0.497 e. The third-order valence-corrected chi connectivity index (χ3v) is 3.75. The van der Waals surface area contributed by atoms with Crippen molar-refractivity contribution in [2.75, 3.05) is 13.7 Å². The highest BCUT2D eigenvalue weighted by Gasteiger charge is 2.04. The Morgan fingerprint density at radius 3 is 2.15 bits per heavy atom. The number of hydrogen-bond donors (Lipinski definition) is 0. The number of methoxy groups -OCH3 is 1. The minimum absolute atomic E-state index is 0.443. The Labute approximate surface area is 154 Å². The monoisotopic (exact) mass is 343 g/mol. The summed E-state index contributed by atoms with van der Waals surface area (Å²) in [5.74, 6) is 1.39. The van der Waals surface area contributed by atoms with E-state index in [9.17, 15) is 0 Å². The Kier molecular flexibility index (Phi) is 6.21. The minimum Gasteiger partial charge on any atom is -0.497 e. The van der Waals surface area contributed by atoms with Gasteiger partial charge in [0.15, 0.2) is 0 Å². The fraction of sp³-hybridized carbons (Fsp3) is 0.0870. The highest BCUT2D eigenvalue weighted by Crippen LogP contribution is 2.19. The molecule has 0 aliphatic carbocycles. The van der Waals surface area contributed by atoms with Crippen molar-refractivity contribution < 1.29 is 9.47 Å². The van der Waals surface area contributed by atoms with E-state index in [1.807, 2.05) is 84.9 Å². The molecule has 3 heteroatoms. The molecule has 0 fully saturated rings. The Hall–Kier alpha value is -3.33. The van der Waals surface area contributed by atoms with Gasteiger partial charge in [-0.05, 0) is 48.0 Å². The van der Waals surface area contributed by atoms with E-state index in [0.717, 1.165) is 22.6 Å². The number of ether oxygens (including phenoxy) is 2. The van der Waals surface area contributed by atoms with Crippen LogP contribution in [0.1, 0.15) is 11.1 Å². The van der Waals surface area contributed by atoms with Crippen LogP contribution in [-0.4, -0.2) is 19.6 Å². The summed E-state index contributed by atoms with van der Waals surface area (Å²) in [7, 11) is 1.65. The van der Waals surface area contributed by atoms with E-state index < -0.39 is 0 Å². The number of hydrogen-bond acceptors (Lipinski definition) is 3. The number of aliphatic imine (C=N–C) groups is 1. The lowest BCUT2D eigenvalue weighted by molar-refractivity contribution is 0.352. The topological polar surface area (TPSA) is 30.8 Å². The van der Waals surface area contributed by atoms with Gasteiger partial charge in [-0.1, -0.05) is 54.6 Å². The normalized spacial score (nSPS) is 11.5. The van der Waals surface area contributed by atoms with Crippen LogP contribution in [0.5, 0.6) is 5.75 Å². The molecule has 3 rings (SSSR count). The van der Waals surface area contributed by atoms with Crippen molar-refractivity contribution in [2.24, 2.45) is 4.99 Å². The second kappa shape index (κ2) is 9.23. The molecule has 0 saturated carbocycles. The number of benzene rings is 3. The lowest BCUT2D eigenvalue weighted by Crippen LogP contribution is -2.06. The highest BCUT2D eigenvalue weighted by atomic mass is 16.5. The maximum absolute atomic E-state index is 5.94. The molecule has 3 aromatic carbocycles. The number of rotatable bonds is 6. The van der Waals surface area contributed by atoms with Gasteiger partial charge < -0.3 is 9.47 Å². The maximum atomic E-state index is 5.94.